The molecule has 3 aliphatic rings. The van der Waals surface area contributed by atoms with Gasteiger partial charge < -0.3 is 33.4 Å². The highest BCUT2D eigenvalue weighted by Gasteiger charge is 2.54. The summed E-state index contributed by atoms with van der Waals surface area (Å²) >= 11 is 0. The van der Waals surface area contributed by atoms with E-state index in [2.05, 4.69) is 98.9 Å². The number of carbonyl (C=O) groups is 3. The predicted octanol–water partition coefficient (Wildman–Crippen LogP) is 13.8. The molecule has 2 N–H and O–H groups in total. The lowest BCUT2D eigenvalue weighted by molar-refractivity contribution is -0.158. The van der Waals surface area contributed by atoms with Crippen molar-refractivity contribution < 1.29 is 37.1 Å². The molecule has 13 heteroatoms. The Morgan fingerprint density at radius 3 is 1.96 bits per heavy atom. The number of anilines is 1. The summed E-state index contributed by atoms with van der Waals surface area (Å²) in [4.78, 5) is 41.8. The number of aryl methyl sites for hydroxylation is 1. The number of benzene rings is 1. The van der Waals surface area contributed by atoms with Gasteiger partial charge in [0.25, 0.3) is 8.32 Å². The Balaban J connectivity index is 1.87. The molecule has 0 saturated heterocycles. The van der Waals surface area contributed by atoms with Crippen LogP contribution in [0.3, 0.4) is 0 Å². The molecule has 4 atom stereocenters. The van der Waals surface area contributed by atoms with Gasteiger partial charge in [0.05, 0.1) is 24.3 Å². The highest BCUT2D eigenvalue weighted by molar-refractivity contribution is 6.75. The zero-order valence-corrected chi connectivity index (χ0v) is 47.3. The fourth-order valence-electron chi connectivity index (χ4n) is 9.86. The van der Waals surface area contributed by atoms with Crippen LogP contribution in [-0.2, 0) is 34.7 Å². The molecule has 2 bridgehead atoms. The minimum atomic E-state index is -2.23. The number of nitrogens with one attached hydrogen (secondary N) is 2. The van der Waals surface area contributed by atoms with Gasteiger partial charge in [-0.3, -0.25) is 9.59 Å². The number of hydrogen-bond acceptors (Lipinski definition) is 8. The number of fused-ring (bicyclic) bond motifs is 2. The summed E-state index contributed by atoms with van der Waals surface area (Å²) in [6.07, 6.45) is 21.4. The molecule has 68 heavy (non-hydrogen) atoms. The third-order valence-electron chi connectivity index (χ3n) is 15.8. The standard InChI is InChI=1S/C55H90N2O8Si3/c1-13-66(14-2,15-3)63-47-39-45-34-30-31-42(10)51(64-67(16-4,17-5)18-6)43(11)49(62-54(60)55(37-38-55)57-53(59)44-32-26-25-27-33-44)36-29-24-22-23-28-35-46(61-12)41-50(58)56-48(40-47)52(45)65-68(19-7,20-8)21-9/h22-24,28-29,31-32,35,39-40,43,46,49,51H,13-21,25-27,30,33-34,36-38,41H2,1-12H3,(H,56,58)(H,57,59)/b23-22+,29-24+,35-28+,42-31-/t43-,46-,49-,51-/m0/s1. The van der Waals surface area contributed by atoms with Crippen molar-refractivity contribution in [2.75, 3.05) is 12.4 Å². The summed E-state index contributed by atoms with van der Waals surface area (Å²) in [6, 6.07) is 12.9. The van der Waals surface area contributed by atoms with Crippen LogP contribution in [0.4, 0.5) is 5.69 Å². The van der Waals surface area contributed by atoms with E-state index in [1.54, 1.807) is 7.11 Å². The summed E-state index contributed by atoms with van der Waals surface area (Å²) in [5.74, 6) is 0.644. The van der Waals surface area contributed by atoms with E-state index in [0.717, 1.165) is 108 Å². The van der Waals surface area contributed by atoms with Gasteiger partial charge in [-0.1, -0.05) is 118 Å². The second-order valence-corrected chi connectivity index (χ2v) is 33.8. The number of esters is 1. The van der Waals surface area contributed by atoms with Crippen molar-refractivity contribution >= 4 is 48.4 Å². The molecule has 1 saturated carbocycles. The first kappa shape index (κ1) is 57.1. The van der Waals surface area contributed by atoms with Crippen LogP contribution in [0, 0.1) is 5.92 Å². The SMILES string of the molecule is CC[Si](CC)(CC)Oc1cc2c(O[Si](CC)(CC)CC)c(c1)NC(=O)C[C@@H](OC)/C=C/C=C/C=C/C[C@H](OC(=O)C1(NC(=O)C3=CCCCC3)CC1)[C@H](C)[C@@H](O[Si](CC)(CC)CC)/C(C)=C\CC2. The number of carbonyl (C=O) groups excluding carboxylic acids is 3. The number of ether oxygens (including phenoxy) is 2. The van der Waals surface area contributed by atoms with Crippen LogP contribution in [0.25, 0.3) is 0 Å². The maximum absolute atomic E-state index is 14.3. The molecule has 1 aliphatic heterocycles. The molecule has 0 spiro atoms. The van der Waals surface area contributed by atoms with Crippen LogP contribution in [0.5, 0.6) is 11.5 Å². The van der Waals surface area contributed by atoms with Crippen LogP contribution in [0.15, 0.2) is 71.9 Å². The number of hydrogen-bond donors (Lipinski definition) is 2. The van der Waals surface area contributed by atoms with Crippen LogP contribution >= 0.6 is 0 Å². The van der Waals surface area contributed by atoms with Gasteiger partial charge in [0.2, 0.25) is 20.1 Å². The van der Waals surface area contributed by atoms with Crippen molar-refractivity contribution in [2.24, 2.45) is 5.92 Å². The van der Waals surface area contributed by atoms with Gasteiger partial charge in [0.15, 0.2) is 8.32 Å². The number of methoxy groups -OCH3 is 1. The molecule has 1 fully saturated rings. The van der Waals surface area contributed by atoms with E-state index in [0.29, 0.717) is 37.8 Å². The van der Waals surface area contributed by atoms with Crippen molar-refractivity contribution in [3.05, 3.63) is 77.5 Å². The van der Waals surface area contributed by atoms with E-state index in [9.17, 15) is 14.4 Å². The summed E-state index contributed by atoms with van der Waals surface area (Å²) in [7, 11) is -4.91. The van der Waals surface area contributed by atoms with Crippen LogP contribution in [0.2, 0.25) is 54.4 Å². The lowest BCUT2D eigenvalue weighted by Gasteiger charge is -2.39. The lowest BCUT2D eigenvalue weighted by Crippen LogP contribution is -2.49. The Labute approximate surface area is 415 Å². The van der Waals surface area contributed by atoms with Gasteiger partial charge >= 0.3 is 5.97 Å². The first-order chi connectivity index (χ1) is 32.6. The van der Waals surface area contributed by atoms with Crippen molar-refractivity contribution in [1.82, 2.24) is 5.32 Å². The highest BCUT2D eigenvalue weighted by Crippen LogP contribution is 2.42. The molecule has 380 valence electrons. The first-order valence-electron chi connectivity index (χ1n) is 26.6. The molecule has 1 heterocycles. The third-order valence-corrected chi connectivity index (χ3v) is 29.5. The quantitative estimate of drug-likeness (QED) is 0.0753. The van der Waals surface area contributed by atoms with E-state index < -0.39 is 42.7 Å². The molecular weight excluding hydrogens is 901 g/mol. The molecule has 4 rings (SSSR count). The van der Waals surface area contributed by atoms with Crippen LogP contribution in [0.1, 0.15) is 140 Å². The van der Waals surface area contributed by atoms with E-state index in [1.165, 1.54) is 0 Å². The van der Waals surface area contributed by atoms with E-state index in [4.69, 9.17) is 22.8 Å². The fourth-order valence-corrected chi connectivity index (χ4v) is 18.0. The Bertz CT molecular complexity index is 1940. The number of amides is 2. The van der Waals surface area contributed by atoms with Gasteiger partial charge in [0, 0.05) is 31.1 Å². The Hall–Kier alpha value is -3.50. The van der Waals surface area contributed by atoms with Crippen molar-refractivity contribution in [3.63, 3.8) is 0 Å². The average molecular weight is 992 g/mol. The molecule has 1 aromatic carbocycles. The predicted molar refractivity (Wildman–Crippen MR) is 288 cm³/mol. The Kier molecular flexibility index (Phi) is 22.8. The fraction of sp³-hybridized carbons (Fsp3) is 0.655. The number of allylic oxidation sites excluding steroid dienone is 6. The maximum atomic E-state index is 14.3. The highest BCUT2D eigenvalue weighted by atomic mass is 28.4. The second-order valence-electron chi connectivity index (χ2n) is 19.7. The molecule has 1 aromatic rings. The second kappa shape index (κ2) is 27.2. The molecule has 10 nitrogen and oxygen atoms in total. The monoisotopic (exact) mass is 991 g/mol. The van der Waals surface area contributed by atoms with E-state index >= 15 is 0 Å². The van der Waals surface area contributed by atoms with Gasteiger partial charge in [-0.05, 0) is 130 Å². The molecule has 2 aliphatic carbocycles. The van der Waals surface area contributed by atoms with Crippen LogP contribution < -0.4 is 19.5 Å². The van der Waals surface area contributed by atoms with E-state index in [1.807, 2.05) is 48.6 Å². The third kappa shape index (κ3) is 15.3. The summed E-state index contributed by atoms with van der Waals surface area (Å²) in [5.41, 5.74) is 2.54. The zero-order valence-electron chi connectivity index (χ0n) is 44.3. The molecule has 2 amide bonds. The summed E-state index contributed by atoms with van der Waals surface area (Å²) in [6.45, 7) is 24.5. The zero-order chi connectivity index (χ0) is 50.0. The lowest BCUT2D eigenvalue weighted by atomic mass is 9.90. The van der Waals surface area contributed by atoms with Crippen molar-refractivity contribution in [2.45, 2.75) is 219 Å². The first-order valence-corrected chi connectivity index (χ1v) is 34.2. The molecule has 0 radical (unpaired) electrons. The molecule has 0 unspecified atom stereocenters. The van der Waals surface area contributed by atoms with Gasteiger partial charge in [-0.15, -0.1) is 0 Å². The Morgan fingerprint density at radius 2 is 1.38 bits per heavy atom. The largest absolute Gasteiger partial charge is 0.543 e. The maximum Gasteiger partial charge on any atom is 0.332 e. The number of rotatable bonds is 20. The van der Waals surface area contributed by atoms with Crippen molar-refractivity contribution in [3.8, 4) is 11.5 Å². The smallest absolute Gasteiger partial charge is 0.332 e. The summed E-state index contributed by atoms with van der Waals surface area (Å²) < 4.78 is 34.3. The van der Waals surface area contributed by atoms with Gasteiger partial charge in [0.1, 0.15) is 23.1 Å². The normalized spacial score (nSPS) is 24.1. The van der Waals surface area contributed by atoms with E-state index in [-0.39, 0.29) is 36.2 Å². The van der Waals surface area contributed by atoms with Crippen molar-refractivity contribution in [1.29, 1.82) is 0 Å². The van der Waals surface area contributed by atoms with Gasteiger partial charge in [-0.25, -0.2) is 4.79 Å². The molecule has 0 aromatic heterocycles. The average Bonchev–Trinajstić information content (AvgIpc) is 4.15. The summed E-state index contributed by atoms with van der Waals surface area (Å²) in [5, 5.41) is 6.42. The van der Waals surface area contributed by atoms with Crippen LogP contribution in [-0.4, -0.2) is 73.7 Å². The Morgan fingerprint density at radius 1 is 0.765 bits per heavy atom. The topological polar surface area (TPSA) is 121 Å². The minimum absolute atomic E-state index is 0.123. The minimum Gasteiger partial charge on any atom is -0.543 e. The molecular formula is C55H90N2O8Si3. The van der Waals surface area contributed by atoms with Gasteiger partial charge in [-0.2, -0.15) is 0 Å².